The summed E-state index contributed by atoms with van der Waals surface area (Å²) < 4.78 is 37.0. The van der Waals surface area contributed by atoms with Crippen LogP contribution in [-0.2, 0) is 17.6 Å². The number of halogens is 3. The number of alkyl halides is 3. The molecule has 0 radical (unpaired) electrons. The number of aromatic nitrogens is 1. The average molecular weight is 332 g/mol. The fourth-order valence-electron chi connectivity index (χ4n) is 2.51. The maximum atomic E-state index is 12.3. The number of aliphatic carboxylic acids is 1. The lowest BCUT2D eigenvalue weighted by molar-refractivity contribution is -0.157. The van der Waals surface area contributed by atoms with Gasteiger partial charge in [0, 0.05) is 5.69 Å². The molecule has 23 heavy (non-hydrogen) atoms. The Bertz CT molecular complexity index is 682. The van der Waals surface area contributed by atoms with Gasteiger partial charge in [-0.15, -0.1) is 0 Å². The molecule has 0 bridgehead atoms. The molecular weight excluding hydrogens is 317 g/mol. The van der Waals surface area contributed by atoms with Gasteiger partial charge in [0.25, 0.3) is 11.5 Å². The second kappa shape index (κ2) is 6.43. The largest absolute Gasteiger partial charge is 0.480 e. The molecule has 0 saturated carbocycles. The number of amides is 1. The van der Waals surface area contributed by atoms with E-state index in [0.717, 1.165) is 18.4 Å². The first-order chi connectivity index (χ1) is 10.7. The van der Waals surface area contributed by atoms with Gasteiger partial charge in [-0.05, 0) is 37.3 Å². The molecule has 1 unspecified atom stereocenters. The van der Waals surface area contributed by atoms with Crippen LogP contribution in [0.4, 0.5) is 13.2 Å². The van der Waals surface area contributed by atoms with Crippen molar-refractivity contribution in [2.24, 2.45) is 0 Å². The average Bonchev–Trinajstić information content (AvgIpc) is 2.44. The van der Waals surface area contributed by atoms with Gasteiger partial charge in [0.2, 0.25) is 0 Å². The van der Waals surface area contributed by atoms with Gasteiger partial charge in [-0.2, -0.15) is 13.2 Å². The van der Waals surface area contributed by atoms with Crippen molar-refractivity contribution in [1.82, 2.24) is 10.3 Å². The van der Waals surface area contributed by atoms with Crippen LogP contribution in [0.25, 0.3) is 0 Å². The van der Waals surface area contributed by atoms with Gasteiger partial charge >= 0.3 is 12.1 Å². The smallest absolute Gasteiger partial charge is 0.391 e. The van der Waals surface area contributed by atoms with Gasteiger partial charge in [-0.25, -0.2) is 4.79 Å². The number of aryl methyl sites for hydroxylation is 2. The van der Waals surface area contributed by atoms with Gasteiger partial charge < -0.3 is 15.4 Å². The van der Waals surface area contributed by atoms with Crippen LogP contribution in [0.1, 0.15) is 40.9 Å². The van der Waals surface area contributed by atoms with Crippen molar-refractivity contribution >= 4 is 11.9 Å². The van der Waals surface area contributed by atoms with Crippen LogP contribution >= 0.6 is 0 Å². The third-order valence-electron chi connectivity index (χ3n) is 3.62. The van der Waals surface area contributed by atoms with Crippen LogP contribution in [0.15, 0.2) is 10.9 Å². The highest BCUT2D eigenvalue weighted by Gasteiger charge is 2.36. The minimum absolute atomic E-state index is 0.376. The highest BCUT2D eigenvalue weighted by molar-refractivity contribution is 5.96. The van der Waals surface area contributed by atoms with E-state index in [-0.39, 0.29) is 5.56 Å². The minimum Gasteiger partial charge on any atom is -0.480 e. The maximum Gasteiger partial charge on any atom is 0.391 e. The topological polar surface area (TPSA) is 99.3 Å². The van der Waals surface area contributed by atoms with Gasteiger partial charge in [0.05, 0.1) is 6.42 Å². The van der Waals surface area contributed by atoms with E-state index in [1.54, 1.807) is 5.32 Å². The molecule has 1 amide bonds. The van der Waals surface area contributed by atoms with Gasteiger partial charge in [-0.3, -0.25) is 9.59 Å². The first kappa shape index (κ1) is 17.0. The first-order valence-corrected chi connectivity index (χ1v) is 7.03. The molecular formula is C14H15F3N2O4. The van der Waals surface area contributed by atoms with Crippen molar-refractivity contribution in [1.29, 1.82) is 0 Å². The number of fused-ring (bicyclic) bond motifs is 1. The Balaban J connectivity index is 2.22. The Labute approximate surface area is 128 Å². The number of aromatic amines is 1. The standard InChI is InChI=1S/C14H15F3N2O4/c15-14(16,17)6-10(13(22)23)19-12(21)8-5-7-3-1-2-4-9(7)18-11(8)20/h5,10H,1-4,6H2,(H,18,20)(H,19,21)(H,22,23). The second-order valence-electron chi connectivity index (χ2n) is 5.41. The molecule has 0 saturated heterocycles. The predicted octanol–water partition coefficient (Wildman–Crippen LogP) is 1.39. The molecule has 0 spiro atoms. The number of nitrogens with one attached hydrogen (secondary N) is 2. The molecule has 3 N–H and O–H groups in total. The van der Waals surface area contributed by atoms with E-state index in [1.807, 2.05) is 0 Å². The number of pyridine rings is 1. The van der Waals surface area contributed by atoms with Crippen LogP contribution in [0, 0.1) is 0 Å². The fourth-order valence-corrected chi connectivity index (χ4v) is 2.51. The molecule has 1 atom stereocenters. The molecule has 9 heteroatoms. The van der Waals surface area contributed by atoms with Crippen molar-refractivity contribution in [3.8, 4) is 0 Å². The van der Waals surface area contributed by atoms with Crippen molar-refractivity contribution in [2.75, 3.05) is 0 Å². The number of hydrogen-bond acceptors (Lipinski definition) is 3. The molecule has 0 aromatic carbocycles. The molecule has 1 aliphatic rings. The normalized spacial score (nSPS) is 15.6. The summed E-state index contributed by atoms with van der Waals surface area (Å²) in [6, 6.07) is -0.812. The number of rotatable bonds is 4. The van der Waals surface area contributed by atoms with Crippen molar-refractivity contribution in [3.63, 3.8) is 0 Å². The van der Waals surface area contributed by atoms with Crippen LogP contribution in [0.2, 0.25) is 0 Å². The summed E-state index contributed by atoms with van der Waals surface area (Å²) in [5.41, 5.74) is 0.352. The maximum absolute atomic E-state index is 12.3. The Kier molecular flexibility index (Phi) is 4.76. The minimum atomic E-state index is -4.75. The van der Waals surface area contributed by atoms with Crippen LogP contribution in [0.3, 0.4) is 0 Å². The van der Waals surface area contributed by atoms with Gasteiger partial charge in [0.1, 0.15) is 11.6 Å². The third kappa shape index (κ3) is 4.33. The number of carbonyl (C=O) groups excluding carboxylic acids is 1. The summed E-state index contributed by atoms with van der Waals surface area (Å²) in [4.78, 5) is 37.3. The number of hydrogen-bond donors (Lipinski definition) is 3. The lowest BCUT2D eigenvalue weighted by Gasteiger charge is -2.18. The third-order valence-corrected chi connectivity index (χ3v) is 3.62. The van der Waals surface area contributed by atoms with E-state index in [9.17, 15) is 27.6 Å². The van der Waals surface area contributed by atoms with Crippen LogP contribution < -0.4 is 10.9 Å². The van der Waals surface area contributed by atoms with E-state index in [1.165, 1.54) is 6.07 Å². The van der Waals surface area contributed by atoms with Crippen molar-refractivity contribution < 1.29 is 27.9 Å². The Hall–Kier alpha value is -2.32. The van der Waals surface area contributed by atoms with Crippen molar-refractivity contribution in [2.45, 2.75) is 44.3 Å². The second-order valence-corrected chi connectivity index (χ2v) is 5.41. The van der Waals surface area contributed by atoms with E-state index < -0.39 is 36.1 Å². The molecule has 0 aliphatic heterocycles. The molecule has 0 fully saturated rings. The van der Waals surface area contributed by atoms with E-state index in [0.29, 0.717) is 18.5 Å². The molecule has 1 aromatic rings. The zero-order chi connectivity index (χ0) is 17.2. The first-order valence-electron chi connectivity index (χ1n) is 7.03. The summed E-state index contributed by atoms with van der Waals surface area (Å²) in [6.07, 6.45) is -3.36. The molecule has 1 heterocycles. The Morgan fingerprint density at radius 1 is 1.30 bits per heavy atom. The number of carbonyl (C=O) groups is 2. The number of carboxylic acid groups (broad SMARTS) is 1. The van der Waals surface area contributed by atoms with E-state index in [2.05, 4.69) is 4.98 Å². The SMILES string of the molecule is O=C(NC(CC(F)(F)F)C(=O)O)c1cc2c([nH]c1=O)CCCC2. The zero-order valence-electron chi connectivity index (χ0n) is 12.0. The lowest BCUT2D eigenvalue weighted by atomic mass is 9.95. The zero-order valence-corrected chi connectivity index (χ0v) is 12.0. The Morgan fingerprint density at radius 3 is 2.57 bits per heavy atom. The summed E-state index contributed by atoms with van der Waals surface area (Å²) >= 11 is 0. The quantitative estimate of drug-likeness (QED) is 0.776. The van der Waals surface area contributed by atoms with Gasteiger partial charge in [0.15, 0.2) is 0 Å². The molecule has 1 aromatic heterocycles. The predicted molar refractivity (Wildman–Crippen MR) is 73.3 cm³/mol. The lowest BCUT2D eigenvalue weighted by Crippen LogP contribution is -2.45. The summed E-state index contributed by atoms with van der Waals surface area (Å²) in [6.45, 7) is 0. The van der Waals surface area contributed by atoms with E-state index >= 15 is 0 Å². The summed E-state index contributed by atoms with van der Waals surface area (Å²) in [5, 5.41) is 10.6. The number of H-pyrrole nitrogens is 1. The van der Waals surface area contributed by atoms with Crippen molar-refractivity contribution in [3.05, 3.63) is 33.2 Å². The molecule has 6 nitrogen and oxygen atoms in total. The summed E-state index contributed by atoms with van der Waals surface area (Å²) in [7, 11) is 0. The molecule has 2 rings (SSSR count). The molecule has 126 valence electrons. The van der Waals surface area contributed by atoms with Crippen LogP contribution in [0.5, 0.6) is 0 Å². The fraction of sp³-hybridized carbons (Fsp3) is 0.500. The monoisotopic (exact) mass is 332 g/mol. The van der Waals surface area contributed by atoms with Gasteiger partial charge in [-0.1, -0.05) is 0 Å². The highest BCUT2D eigenvalue weighted by atomic mass is 19.4. The summed E-state index contributed by atoms with van der Waals surface area (Å²) in [5.74, 6) is -2.94. The molecule has 1 aliphatic carbocycles. The highest BCUT2D eigenvalue weighted by Crippen LogP contribution is 2.22. The number of carboxylic acids is 1. The van der Waals surface area contributed by atoms with Crippen LogP contribution in [-0.4, -0.2) is 34.2 Å². The van der Waals surface area contributed by atoms with E-state index in [4.69, 9.17) is 5.11 Å². The Morgan fingerprint density at radius 2 is 1.96 bits per heavy atom.